The number of methoxy groups -OCH3 is 1. The van der Waals surface area contributed by atoms with Gasteiger partial charge in [0.05, 0.1) is 13.7 Å². The Morgan fingerprint density at radius 1 is 1.53 bits per heavy atom. The van der Waals surface area contributed by atoms with E-state index in [-0.39, 0.29) is 11.3 Å². The largest absolute Gasteiger partial charge is 0.492 e. The quantitative estimate of drug-likeness (QED) is 0.863. The minimum absolute atomic E-state index is 0.00606. The van der Waals surface area contributed by atoms with Crippen LogP contribution in [0.25, 0.3) is 0 Å². The maximum atomic E-state index is 10.9. The summed E-state index contributed by atoms with van der Waals surface area (Å²) in [6.07, 6.45) is 0. The highest BCUT2D eigenvalue weighted by Gasteiger charge is 2.17. The molecule has 82 valence electrons. The van der Waals surface area contributed by atoms with E-state index in [1.54, 1.807) is 6.92 Å². The zero-order valence-corrected chi connectivity index (χ0v) is 9.17. The number of benzene rings is 1. The first-order chi connectivity index (χ1) is 7.10. The molecule has 0 unspecified atom stereocenters. The van der Waals surface area contributed by atoms with Gasteiger partial charge in [-0.05, 0) is 13.0 Å². The number of ether oxygens (including phenoxy) is 2. The van der Waals surface area contributed by atoms with Gasteiger partial charge in [0, 0.05) is 11.1 Å². The summed E-state index contributed by atoms with van der Waals surface area (Å²) in [6, 6.07) is 2.85. The number of rotatable bonds is 4. The Morgan fingerprint density at radius 3 is 2.67 bits per heavy atom. The highest BCUT2D eigenvalue weighted by atomic mass is 35.5. The van der Waals surface area contributed by atoms with E-state index in [9.17, 15) is 4.79 Å². The van der Waals surface area contributed by atoms with Gasteiger partial charge in [0.2, 0.25) is 0 Å². The van der Waals surface area contributed by atoms with Crippen LogP contribution in [0.3, 0.4) is 0 Å². The van der Waals surface area contributed by atoms with Crippen LogP contribution in [-0.2, 0) is 0 Å². The average molecular weight is 231 g/mol. The van der Waals surface area contributed by atoms with E-state index in [1.165, 1.54) is 19.2 Å². The van der Waals surface area contributed by atoms with Crippen molar-refractivity contribution in [3.05, 3.63) is 22.7 Å². The van der Waals surface area contributed by atoms with Gasteiger partial charge in [-0.1, -0.05) is 11.6 Å². The van der Waals surface area contributed by atoms with Gasteiger partial charge < -0.3 is 14.6 Å². The van der Waals surface area contributed by atoms with Crippen molar-refractivity contribution in [2.45, 2.75) is 6.92 Å². The van der Waals surface area contributed by atoms with Crippen molar-refractivity contribution in [3.63, 3.8) is 0 Å². The number of hydrogen-bond donors (Lipinski definition) is 1. The van der Waals surface area contributed by atoms with Crippen LogP contribution in [0.1, 0.15) is 17.3 Å². The molecule has 0 saturated carbocycles. The molecule has 0 spiro atoms. The molecule has 1 aromatic rings. The lowest BCUT2D eigenvalue weighted by molar-refractivity contribution is 0.0692. The van der Waals surface area contributed by atoms with Gasteiger partial charge >= 0.3 is 5.97 Å². The van der Waals surface area contributed by atoms with Crippen LogP contribution in [-0.4, -0.2) is 24.8 Å². The fraction of sp³-hybridized carbons (Fsp3) is 0.300. The molecule has 0 bridgehead atoms. The van der Waals surface area contributed by atoms with E-state index in [0.717, 1.165) is 0 Å². The minimum Gasteiger partial charge on any atom is -0.492 e. The van der Waals surface area contributed by atoms with E-state index in [2.05, 4.69) is 0 Å². The molecular formula is C10H11ClO4. The Labute approximate surface area is 92.4 Å². The fourth-order valence-electron chi connectivity index (χ4n) is 1.20. The molecule has 0 radical (unpaired) electrons. The lowest BCUT2D eigenvalue weighted by Crippen LogP contribution is -2.03. The molecular weight excluding hydrogens is 220 g/mol. The van der Waals surface area contributed by atoms with Gasteiger partial charge in [0.25, 0.3) is 0 Å². The summed E-state index contributed by atoms with van der Waals surface area (Å²) in [5, 5.41) is 9.22. The minimum atomic E-state index is -1.10. The van der Waals surface area contributed by atoms with E-state index in [1.807, 2.05) is 0 Å². The maximum Gasteiger partial charge on any atom is 0.339 e. The van der Waals surface area contributed by atoms with E-state index >= 15 is 0 Å². The molecule has 0 aliphatic carbocycles. The van der Waals surface area contributed by atoms with Gasteiger partial charge in [-0.2, -0.15) is 0 Å². The van der Waals surface area contributed by atoms with Crippen molar-refractivity contribution in [2.75, 3.05) is 13.7 Å². The van der Waals surface area contributed by atoms with Gasteiger partial charge in [0.15, 0.2) is 11.5 Å². The summed E-state index contributed by atoms with van der Waals surface area (Å²) in [5.41, 5.74) is -0.00606. The first-order valence-corrected chi connectivity index (χ1v) is 4.71. The van der Waals surface area contributed by atoms with Crippen LogP contribution < -0.4 is 9.47 Å². The topological polar surface area (TPSA) is 55.8 Å². The van der Waals surface area contributed by atoms with Crippen molar-refractivity contribution in [3.8, 4) is 11.5 Å². The molecule has 0 aromatic heterocycles. The van der Waals surface area contributed by atoms with Crippen LogP contribution in [0, 0.1) is 0 Å². The average Bonchev–Trinajstić information content (AvgIpc) is 2.17. The Morgan fingerprint density at radius 2 is 2.20 bits per heavy atom. The van der Waals surface area contributed by atoms with E-state index in [0.29, 0.717) is 17.4 Å². The third-order valence-electron chi connectivity index (χ3n) is 1.75. The van der Waals surface area contributed by atoms with Crippen LogP contribution in [0.4, 0.5) is 0 Å². The van der Waals surface area contributed by atoms with Crippen LogP contribution in [0.15, 0.2) is 12.1 Å². The number of carbonyl (C=O) groups is 1. The zero-order chi connectivity index (χ0) is 11.4. The summed E-state index contributed by atoms with van der Waals surface area (Å²) in [6.45, 7) is 2.20. The SMILES string of the molecule is CCOc1cc(Cl)cc(C(=O)O)c1OC. The van der Waals surface area contributed by atoms with Crippen molar-refractivity contribution >= 4 is 17.6 Å². The molecule has 0 heterocycles. The Kier molecular flexibility index (Phi) is 3.80. The van der Waals surface area contributed by atoms with Crippen LogP contribution >= 0.6 is 11.6 Å². The van der Waals surface area contributed by atoms with Crippen molar-refractivity contribution in [1.82, 2.24) is 0 Å². The van der Waals surface area contributed by atoms with Gasteiger partial charge in [-0.3, -0.25) is 0 Å². The van der Waals surface area contributed by atoms with Crippen LogP contribution in [0.2, 0.25) is 5.02 Å². The third kappa shape index (κ3) is 2.53. The molecule has 15 heavy (non-hydrogen) atoms. The monoisotopic (exact) mass is 230 g/mol. The molecule has 0 aliphatic rings. The lowest BCUT2D eigenvalue weighted by atomic mass is 10.2. The highest BCUT2D eigenvalue weighted by molar-refractivity contribution is 6.31. The first-order valence-electron chi connectivity index (χ1n) is 4.33. The molecule has 5 heteroatoms. The summed E-state index contributed by atoms with van der Waals surface area (Å²) >= 11 is 5.76. The predicted octanol–water partition coefficient (Wildman–Crippen LogP) is 2.45. The van der Waals surface area contributed by atoms with E-state index < -0.39 is 5.97 Å². The van der Waals surface area contributed by atoms with Crippen LogP contribution in [0.5, 0.6) is 11.5 Å². The molecule has 0 fully saturated rings. The second-order valence-electron chi connectivity index (χ2n) is 2.72. The summed E-state index contributed by atoms with van der Waals surface area (Å²) in [5.74, 6) is -0.575. The van der Waals surface area contributed by atoms with Gasteiger partial charge in [0.1, 0.15) is 5.56 Å². The standard InChI is InChI=1S/C10H11ClO4/c1-3-15-8-5-6(11)4-7(10(12)13)9(8)14-2/h4-5H,3H2,1-2H3,(H,12,13). The first kappa shape index (κ1) is 11.7. The lowest BCUT2D eigenvalue weighted by Gasteiger charge is -2.11. The molecule has 0 saturated heterocycles. The Balaban J connectivity index is 3.31. The van der Waals surface area contributed by atoms with Crippen molar-refractivity contribution in [2.24, 2.45) is 0 Å². The maximum absolute atomic E-state index is 10.9. The Hall–Kier alpha value is -1.42. The molecule has 0 aliphatic heterocycles. The molecule has 4 nitrogen and oxygen atoms in total. The Bertz CT molecular complexity index is 376. The number of carboxylic acids is 1. The summed E-state index contributed by atoms with van der Waals surface area (Å²) in [7, 11) is 1.39. The van der Waals surface area contributed by atoms with Crippen molar-refractivity contribution < 1.29 is 19.4 Å². The second kappa shape index (κ2) is 4.89. The van der Waals surface area contributed by atoms with Gasteiger partial charge in [-0.25, -0.2) is 4.79 Å². The molecule has 0 atom stereocenters. The number of carboxylic acid groups (broad SMARTS) is 1. The smallest absolute Gasteiger partial charge is 0.339 e. The molecule has 0 amide bonds. The summed E-state index contributed by atoms with van der Waals surface area (Å²) in [4.78, 5) is 10.9. The zero-order valence-electron chi connectivity index (χ0n) is 8.41. The molecule has 1 N–H and O–H groups in total. The van der Waals surface area contributed by atoms with Crippen molar-refractivity contribution in [1.29, 1.82) is 0 Å². The molecule has 1 aromatic carbocycles. The number of aromatic carboxylic acids is 1. The fourth-order valence-corrected chi connectivity index (χ4v) is 1.41. The third-order valence-corrected chi connectivity index (χ3v) is 1.97. The summed E-state index contributed by atoms with van der Waals surface area (Å²) < 4.78 is 10.2. The molecule has 1 rings (SSSR count). The normalized spacial score (nSPS) is 9.80. The highest BCUT2D eigenvalue weighted by Crippen LogP contribution is 2.34. The number of halogens is 1. The van der Waals surface area contributed by atoms with Gasteiger partial charge in [-0.15, -0.1) is 0 Å². The second-order valence-corrected chi connectivity index (χ2v) is 3.16. The van der Waals surface area contributed by atoms with E-state index in [4.69, 9.17) is 26.2 Å². The number of hydrogen-bond acceptors (Lipinski definition) is 3. The predicted molar refractivity (Wildman–Crippen MR) is 56.1 cm³/mol.